The van der Waals surface area contributed by atoms with Gasteiger partial charge in [-0.1, -0.05) is 72.8 Å². The van der Waals surface area contributed by atoms with Gasteiger partial charge < -0.3 is 0 Å². The number of benzene rings is 4. The molecule has 0 amide bonds. The summed E-state index contributed by atoms with van der Waals surface area (Å²) in [5, 5.41) is 0. The molecule has 134 valence electrons. The minimum Gasteiger partial charge on any atom is -0.268 e. The van der Waals surface area contributed by atoms with E-state index < -0.39 is 0 Å². The summed E-state index contributed by atoms with van der Waals surface area (Å²) >= 11 is 0. The Labute approximate surface area is 166 Å². The van der Waals surface area contributed by atoms with Gasteiger partial charge in [0.1, 0.15) is 0 Å². The predicted octanol–water partition coefficient (Wildman–Crippen LogP) is 6.58. The number of rotatable bonds is 4. The van der Waals surface area contributed by atoms with Crippen LogP contribution in [0.5, 0.6) is 0 Å². The van der Waals surface area contributed by atoms with Crippen molar-refractivity contribution in [2.75, 3.05) is 9.80 Å². The lowest BCUT2D eigenvalue weighted by molar-refractivity contribution is 1.29. The first-order chi connectivity index (χ1) is 13.9. The van der Waals surface area contributed by atoms with Gasteiger partial charge in [-0.2, -0.15) is 0 Å². The summed E-state index contributed by atoms with van der Waals surface area (Å²) in [5.41, 5.74) is 4.12. The van der Waals surface area contributed by atoms with E-state index in [4.69, 9.17) is 0 Å². The molecule has 0 fully saturated rings. The quantitative estimate of drug-likeness (QED) is 0.299. The fourth-order valence-corrected chi connectivity index (χ4v) is 2.96. The molecule has 0 radical (unpaired) electrons. The average Bonchev–Trinajstić information content (AvgIpc) is 2.79. The van der Waals surface area contributed by atoms with Gasteiger partial charge in [0.05, 0.1) is 22.7 Å². The molecule has 0 aromatic heterocycles. The number of anilines is 4. The third-order valence-electron chi connectivity index (χ3n) is 4.33. The zero-order valence-electron chi connectivity index (χ0n) is 15.4. The van der Waals surface area contributed by atoms with Gasteiger partial charge in [0.15, 0.2) is 0 Å². The summed E-state index contributed by atoms with van der Waals surface area (Å²) in [6.07, 6.45) is 0. The molecular weight excluding hydrogens is 340 g/mol. The number of nitrogens with zero attached hydrogens (tertiary/aromatic N) is 2. The molecule has 0 aliphatic rings. The van der Waals surface area contributed by atoms with E-state index in [2.05, 4.69) is 60.6 Å². The van der Waals surface area contributed by atoms with Crippen LogP contribution in [0.3, 0.4) is 0 Å². The second kappa shape index (κ2) is 8.62. The fraction of sp³-hybridized carbons (Fsp3) is 0. The van der Waals surface area contributed by atoms with Crippen molar-refractivity contribution in [1.82, 2.24) is 0 Å². The molecule has 0 bridgehead atoms. The number of para-hydroxylation sites is 4. The summed E-state index contributed by atoms with van der Waals surface area (Å²) in [4.78, 5) is 4.03. The largest absolute Gasteiger partial charge is 0.268 e. The van der Waals surface area contributed by atoms with E-state index in [1.54, 1.807) is 0 Å². The minimum atomic E-state index is 1.03. The summed E-state index contributed by atoms with van der Waals surface area (Å²) < 4.78 is 0. The molecule has 4 rings (SSSR count). The van der Waals surface area contributed by atoms with Gasteiger partial charge in [-0.05, 0) is 48.5 Å². The van der Waals surface area contributed by atoms with E-state index in [1.807, 2.05) is 82.6 Å². The molecule has 0 saturated carbocycles. The molecule has 2 heteroatoms. The monoisotopic (exact) mass is 360 g/mol. The van der Waals surface area contributed by atoms with Gasteiger partial charge >= 0.3 is 0 Å². The Morgan fingerprint density at radius 2 is 0.536 bits per heavy atom. The van der Waals surface area contributed by atoms with E-state index in [1.165, 1.54) is 0 Å². The highest BCUT2D eigenvalue weighted by molar-refractivity contribution is 5.72. The second-order valence-corrected chi connectivity index (χ2v) is 6.24. The van der Waals surface area contributed by atoms with Crippen molar-refractivity contribution in [3.63, 3.8) is 0 Å². The van der Waals surface area contributed by atoms with Crippen LogP contribution in [0.2, 0.25) is 0 Å². The highest BCUT2D eigenvalue weighted by atomic mass is 15.2. The molecule has 0 N–H and O–H groups in total. The van der Waals surface area contributed by atoms with Crippen LogP contribution in [-0.2, 0) is 0 Å². The number of hydrogen-bond acceptors (Lipinski definition) is 2. The first-order valence-corrected chi connectivity index (χ1v) is 9.23. The smallest absolute Gasteiger partial charge is 0.0546 e. The molecule has 0 atom stereocenters. The SMILES string of the molecule is C(#CN(c1ccccc1)c1ccccc1)N(c1ccccc1)c1ccccc1. The Morgan fingerprint density at radius 3 is 0.750 bits per heavy atom. The van der Waals surface area contributed by atoms with Crippen molar-refractivity contribution in [2.45, 2.75) is 0 Å². The van der Waals surface area contributed by atoms with Crippen molar-refractivity contribution >= 4 is 22.7 Å². The Morgan fingerprint density at radius 1 is 0.321 bits per heavy atom. The molecule has 0 saturated heterocycles. The van der Waals surface area contributed by atoms with Crippen LogP contribution in [0.1, 0.15) is 0 Å². The molecule has 0 unspecified atom stereocenters. The first kappa shape index (κ1) is 17.5. The van der Waals surface area contributed by atoms with Crippen molar-refractivity contribution in [3.8, 4) is 12.1 Å². The van der Waals surface area contributed by atoms with Crippen LogP contribution in [0.15, 0.2) is 121 Å². The maximum Gasteiger partial charge on any atom is 0.0546 e. The van der Waals surface area contributed by atoms with Gasteiger partial charge in [0, 0.05) is 12.1 Å². The molecule has 4 aromatic rings. The van der Waals surface area contributed by atoms with Gasteiger partial charge in [-0.3, -0.25) is 9.80 Å². The topological polar surface area (TPSA) is 6.48 Å². The molecule has 28 heavy (non-hydrogen) atoms. The molecule has 0 heterocycles. The number of hydrogen-bond donors (Lipinski definition) is 0. The fourth-order valence-electron chi connectivity index (χ4n) is 2.96. The van der Waals surface area contributed by atoms with Crippen molar-refractivity contribution in [2.24, 2.45) is 0 Å². The average molecular weight is 360 g/mol. The van der Waals surface area contributed by atoms with E-state index in [9.17, 15) is 0 Å². The molecule has 0 aliphatic heterocycles. The predicted molar refractivity (Wildman–Crippen MR) is 118 cm³/mol. The van der Waals surface area contributed by atoms with Crippen LogP contribution < -0.4 is 9.80 Å². The third-order valence-corrected chi connectivity index (χ3v) is 4.33. The molecule has 2 nitrogen and oxygen atoms in total. The van der Waals surface area contributed by atoms with Gasteiger partial charge in [0.2, 0.25) is 0 Å². The third kappa shape index (κ3) is 4.06. The Bertz CT molecular complexity index is 884. The summed E-state index contributed by atoms with van der Waals surface area (Å²) in [7, 11) is 0. The van der Waals surface area contributed by atoms with Gasteiger partial charge in [-0.15, -0.1) is 0 Å². The Kier molecular flexibility index (Phi) is 5.37. The standard InChI is InChI=1S/C26H20N2/c1-5-13-23(14-6-1)27(24-15-7-2-8-16-24)21-22-28(25-17-9-3-10-18-25)26-19-11-4-12-20-26/h1-20H. The molecular formula is C26H20N2. The van der Waals surface area contributed by atoms with Crippen molar-refractivity contribution in [1.29, 1.82) is 0 Å². The minimum absolute atomic E-state index is 1.03. The summed E-state index contributed by atoms with van der Waals surface area (Å²) in [6, 6.07) is 47.5. The van der Waals surface area contributed by atoms with E-state index in [0.29, 0.717) is 0 Å². The Hall–Kier alpha value is -3.96. The zero-order valence-corrected chi connectivity index (χ0v) is 15.4. The molecule has 0 aliphatic carbocycles. The second-order valence-electron chi connectivity index (χ2n) is 6.24. The molecule has 4 aromatic carbocycles. The van der Waals surface area contributed by atoms with Crippen LogP contribution in [-0.4, -0.2) is 0 Å². The molecule has 0 spiro atoms. The maximum atomic E-state index is 3.36. The Balaban J connectivity index is 1.78. The highest BCUT2D eigenvalue weighted by Crippen LogP contribution is 2.26. The summed E-state index contributed by atoms with van der Waals surface area (Å²) in [6.45, 7) is 0. The maximum absolute atomic E-state index is 3.36. The van der Waals surface area contributed by atoms with Gasteiger partial charge in [-0.25, -0.2) is 0 Å². The van der Waals surface area contributed by atoms with Crippen molar-refractivity contribution in [3.05, 3.63) is 121 Å². The van der Waals surface area contributed by atoms with E-state index in [0.717, 1.165) is 22.7 Å². The zero-order chi connectivity index (χ0) is 19.0. The summed E-state index contributed by atoms with van der Waals surface area (Å²) in [5.74, 6) is 0. The van der Waals surface area contributed by atoms with Crippen molar-refractivity contribution < 1.29 is 0 Å². The lowest BCUT2D eigenvalue weighted by Gasteiger charge is -2.21. The van der Waals surface area contributed by atoms with E-state index >= 15 is 0 Å². The van der Waals surface area contributed by atoms with Gasteiger partial charge in [0.25, 0.3) is 0 Å². The van der Waals surface area contributed by atoms with Crippen LogP contribution in [0, 0.1) is 12.1 Å². The highest BCUT2D eigenvalue weighted by Gasteiger charge is 2.09. The lowest BCUT2D eigenvalue weighted by Crippen LogP contribution is -2.14. The lowest BCUT2D eigenvalue weighted by atomic mass is 10.2. The van der Waals surface area contributed by atoms with Crippen LogP contribution in [0.4, 0.5) is 22.7 Å². The van der Waals surface area contributed by atoms with E-state index in [-0.39, 0.29) is 0 Å². The van der Waals surface area contributed by atoms with Crippen LogP contribution >= 0.6 is 0 Å². The van der Waals surface area contributed by atoms with Crippen LogP contribution in [0.25, 0.3) is 0 Å². The first-order valence-electron chi connectivity index (χ1n) is 9.23. The normalized spacial score (nSPS) is 9.86.